The lowest BCUT2D eigenvalue weighted by molar-refractivity contribution is 0.282. The van der Waals surface area contributed by atoms with Crippen molar-refractivity contribution in [3.05, 3.63) is 63.6 Å². The highest BCUT2D eigenvalue weighted by molar-refractivity contribution is 9.10. The summed E-state index contributed by atoms with van der Waals surface area (Å²) in [5.41, 5.74) is 3.59. The van der Waals surface area contributed by atoms with Gasteiger partial charge in [-0.05, 0) is 35.9 Å². The zero-order chi connectivity index (χ0) is 14.5. The molecule has 0 unspecified atom stereocenters. The highest BCUT2D eigenvalue weighted by Gasteiger charge is 2.08. The quantitative estimate of drug-likeness (QED) is 0.933. The summed E-state index contributed by atoms with van der Waals surface area (Å²) in [6.45, 7) is 0.682. The van der Waals surface area contributed by atoms with Gasteiger partial charge in [-0.25, -0.2) is 0 Å². The van der Waals surface area contributed by atoms with Gasteiger partial charge in [0.25, 0.3) is 0 Å². The van der Waals surface area contributed by atoms with Crippen molar-refractivity contribution in [3.63, 3.8) is 0 Å². The Bertz CT molecular complexity index is 649. The number of benzene rings is 2. The molecule has 0 bridgehead atoms. The van der Waals surface area contributed by atoms with Gasteiger partial charge >= 0.3 is 0 Å². The lowest BCUT2D eigenvalue weighted by Crippen LogP contribution is -2.18. The molecule has 1 N–H and O–H groups in total. The van der Waals surface area contributed by atoms with E-state index < -0.39 is 0 Å². The minimum absolute atomic E-state index is 0.00263. The number of aliphatic hydroxyl groups is 1. The van der Waals surface area contributed by atoms with Crippen LogP contribution >= 0.6 is 15.9 Å². The fourth-order valence-electron chi connectivity index (χ4n) is 2.15. The maximum atomic E-state index is 9.45. The largest absolute Gasteiger partial charge is 0.392 e. The molecule has 0 atom stereocenters. The molecule has 0 heterocycles. The van der Waals surface area contributed by atoms with Crippen molar-refractivity contribution in [2.75, 3.05) is 11.9 Å². The van der Waals surface area contributed by atoms with Gasteiger partial charge in [-0.1, -0.05) is 28.1 Å². The van der Waals surface area contributed by atoms with Crippen LogP contribution in [0.15, 0.2) is 46.9 Å². The van der Waals surface area contributed by atoms with Gasteiger partial charge in [0.2, 0.25) is 0 Å². The van der Waals surface area contributed by atoms with E-state index in [4.69, 9.17) is 5.26 Å². The first-order chi connectivity index (χ1) is 9.63. The normalized spacial score (nSPS) is 10.1. The fraction of sp³-hybridized carbons (Fsp3) is 0.188. The highest BCUT2D eigenvalue weighted by atomic mass is 79.9. The Balaban J connectivity index is 2.23. The van der Waals surface area contributed by atoms with Crippen LogP contribution in [0.1, 0.15) is 16.7 Å². The molecule has 0 amide bonds. The molecule has 0 saturated heterocycles. The number of nitriles is 1. The van der Waals surface area contributed by atoms with Gasteiger partial charge in [0.05, 0.1) is 18.2 Å². The Kier molecular flexibility index (Phi) is 4.78. The molecule has 102 valence electrons. The molecule has 0 spiro atoms. The van der Waals surface area contributed by atoms with Crippen LogP contribution in [-0.4, -0.2) is 12.2 Å². The predicted molar refractivity (Wildman–Crippen MR) is 83.3 cm³/mol. The Morgan fingerprint density at radius 3 is 2.75 bits per heavy atom. The molecule has 2 aromatic carbocycles. The van der Waals surface area contributed by atoms with Crippen LogP contribution in [0, 0.1) is 11.3 Å². The Morgan fingerprint density at radius 2 is 2.05 bits per heavy atom. The molecule has 0 aliphatic rings. The van der Waals surface area contributed by atoms with Crippen LogP contribution < -0.4 is 4.90 Å². The standard InChI is InChI=1S/C16H15BrN2O/c1-19(10-13-4-2-3-12(7-13)9-18)16-6-5-15(17)8-14(16)11-20/h2-8,20H,10-11H2,1H3. The van der Waals surface area contributed by atoms with Gasteiger partial charge in [0.1, 0.15) is 0 Å². The smallest absolute Gasteiger partial charge is 0.0991 e. The van der Waals surface area contributed by atoms with Gasteiger partial charge in [-0.2, -0.15) is 5.26 Å². The molecule has 4 heteroatoms. The van der Waals surface area contributed by atoms with Crippen LogP contribution in [0.4, 0.5) is 5.69 Å². The van der Waals surface area contributed by atoms with E-state index in [9.17, 15) is 5.11 Å². The number of anilines is 1. The maximum Gasteiger partial charge on any atom is 0.0991 e. The number of nitrogens with zero attached hydrogens (tertiary/aromatic N) is 2. The zero-order valence-corrected chi connectivity index (χ0v) is 12.8. The second-order valence-electron chi connectivity index (χ2n) is 4.60. The number of halogens is 1. The summed E-state index contributed by atoms with van der Waals surface area (Å²) in [5.74, 6) is 0. The minimum Gasteiger partial charge on any atom is -0.392 e. The first kappa shape index (κ1) is 14.6. The third kappa shape index (κ3) is 3.38. The summed E-state index contributed by atoms with van der Waals surface area (Å²) in [6.07, 6.45) is 0. The van der Waals surface area contributed by atoms with Crippen LogP contribution in [-0.2, 0) is 13.2 Å². The molecule has 20 heavy (non-hydrogen) atoms. The first-order valence-corrected chi connectivity index (χ1v) is 7.03. The van der Waals surface area contributed by atoms with E-state index >= 15 is 0 Å². The number of hydrogen-bond donors (Lipinski definition) is 1. The molecule has 0 saturated carbocycles. The number of aliphatic hydroxyl groups excluding tert-OH is 1. The lowest BCUT2D eigenvalue weighted by Gasteiger charge is -2.22. The van der Waals surface area contributed by atoms with E-state index in [-0.39, 0.29) is 6.61 Å². The SMILES string of the molecule is CN(Cc1cccc(C#N)c1)c1ccc(Br)cc1CO. The van der Waals surface area contributed by atoms with Crippen molar-refractivity contribution in [2.24, 2.45) is 0 Å². The topological polar surface area (TPSA) is 47.3 Å². The molecule has 0 aliphatic heterocycles. The molecule has 2 aromatic rings. The molecule has 0 aromatic heterocycles. The van der Waals surface area contributed by atoms with Crippen molar-refractivity contribution in [1.82, 2.24) is 0 Å². The van der Waals surface area contributed by atoms with Crippen molar-refractivity contribution < 1.29 is 5.11 Å². The minimum atomic E-state index is -0.00263. The highest BCUT2D eigenvalue weighted by Crippen LogP contribution is 2.25. The van der Waals surface area contributed by atoms with Crippen molar-refractivity contribution >= 4 is 21.6 Å². The molecule has 0 fully saturated rings. The Hall–Kier alpha value is -1.83. The van der Waals surface area contributed by atoms with E-state index in [1.165, 1.54) is 0 Å². The average Bonchev–Trinajstić information content (AvgIpc) is 2.47. The van der Waals surface area contributed by atoms with Crippen molar-refractivity contribution in [1.29, 1.82) is 5.26 Å². The number of rotatable bonds is 4. The number of hydrogen-bond acceptors (Lipinski definition) is 3. The van der Waals surface area contributed by atoms with Crippen molar-refractivity contribution in [3.8, 4) is 6.07 Å². The summed E-state index contributed by atoms with van der Waals surface area (Å²) >= 11 is 3.41. The molecular weight excluding hydrogens is 316 g/mol. The second-order valence-corrected chi connectivity index (χ2v) is 5.52. The fourth-order valence-corrected chi connectivity index (χ4v) is 2.56. The van der Waals surface area contributed by atoms with E-state index in [1.54, 1.807) is 6.07 Å². The van der Waals surface area contributed by atoms with E-state index in [0.717, 1.165) is 21.3 Å². The van der Waals surface area contributed by atoms with Gasteiger partial charge in [-0.15, -0.1) is 0 Å². The summed E-state index contributed by atoms with van der Waals surface area (Å²) in [5, 5.41) is 18.4. The summed E-state index contributed by atoms with van der Waals surface area (Å²) < 4.78 is 0.949. The van der Waals surface area contributed by atoms with E-state index in [1.807, 2.05) is 43.4 Å². The third-order valence-corrected chi connectivity index (χ3v) is 3.59. The monoisotopic (exact) mass is 330 g/mol. The van der Waals surface area contributed by atoms with Gasteiger partial charge < -0.3 is 10.0 Å². The molecule has 2 rings (SSSR count). The second kappa shape index (κ2) is 6.56. The Labute approximate surface area is 127 Å². The van der Waals surface area contributed by atoms with Crippen molar-refractivity contribution in [2.45, 2.75) is 13.2 Å². The molecule has 0 radical (unpaired) electrons. The van der Waals surface area contributed by atoms with Crippen LogP contribution in [0.25, 0.3) is 0 Å². The summed E-state index contributed by atoms with van der Waals surface area (Å²) in [6, 6.07) is 15.5. The Morgan fingerprint density at radius 1 is 1.25 bits per heavy atom. The summed E-state index contributed by atoms with van der Waals surface area (Å²) in [4.78, 5) is 2.06. The average molecular weight is 331 g/mol. The van der Waals surface area contributed by atoms with Crippen LogP contribution in [0.3, 0.4) is 0 Å². The first-order valence-electron chi connectivity index (χ1n) is 6.23. The van der Waals surface area contributed by atoms with Crippen LogP contribution in [0.2, 0.25) is 0 Å². The van der Waals surface area contributed by atoms with E-state index in [2.05, 4.69) is 26.9 Å². The molecule has 3 nitrogen and oxygen atoms in total. The lowest BCUT2D eigenvalue weighted by atomic mass is 10.1. The van der Waals surface area contributed by atoms with Gasteiger partial charge in [0.15, 0.2) is 0 Å². The van der Waals surface area contributed by atoms with Gasteiger partial charge in [0, 0.05) is 29.3 Å². The predicted octanol–water partition coefficient (Wildman–Crippen LogP) is 3.45. The van der Waals surface area contributed by atoms with E-state index in [0.29, 0.717) is 12.1 Å². The third-order valence-electron chi connectivity index (χ3n) is 3.10. The molecule has 0 aliphatic carbocycles. The summed E-state index contributed by atoms with van der Waals surface area (Å²) in [7, 11) is 1.97. The van der Waals surface area contributed by atoms with Gasteiger partial charge in [-0.3, -0.25) is 0 Å². The van der Waals surface area contributed by atoms with Crippen LogP contribution in [0.5, 0.6) is 0 Å². The zero-order valence-electron chi connectivity index (χ0n) is 11.2. The maximum absolute atomic E-state index is 9.45. The molecular formula is C16H15BrN2O.